The number of hydrogen-bond donors (Lipinski definition) is 0. The van der Waals surface area contributed by atoms with E-state index in [9.17, 15) is 4.39 Å². The Bertz CT molecular complexity index is 617. The first kappa shape index (κ1) is 14.8. The Balaban J connectivity index is 1.91. The van der Waals surface area contributed by atoms with E-state index in [4.69, 9.17) is 11.6 Å². The number of hydrogen-bond acceptors (Lipinski definition) is 2. The maximum Gasteiger partial charge on any atom is 0.151 e. The van der Waals surface area contributed by atoms with Gasteiger partial charge in [0.05, 0.1) is 11.4 Å². The summed E-state index contributed by atoms with van der Waals surface area (Å²) in [7, 11) is 0. The summed E-state index contributed by atoms with van der Waals surface area (Å²) < 4.78 is 16.1. The second-order valence-electron chi connectivity index (χ2n) is 5.71. The van der Waals surface area contributed by atoms with Crippen LogP contribution in [0, 0.1) is 5.82 Å². The molecule has 2 aromatic rings. The fourth-order valence-electron chi connectivity index (χ4n) is 3.35. The van der Waals surface area contributed by atoms with Crippen LogP contribution in [0.4, 0.5) is 4.39 Å². The molecule has 0 saturated carbocycles. The van der Waals surface area contributed by atoms with E-state index in [0.717, 1.165) is 43.8 Å². The van der Waals surface area contributed by atoms with Gasteiger partial charge in [-0.25, -0.2) is 9.37 Å². The Morgan fingerprint density at radius 2 is 2.10 bits per heavy atom. The van der Waals surface area contributed by atoms with Crippen molar-refractivity contribution in [1.82, 2.24) is 14.5 Å². The molecule has 3 nitrogen and oxygen atoms in total. The van der Waals surface area contributed by atoms with Crippen LogP contribution in [0.25, 0.3) is 11.0 Å². The minimum absolute atomic E-state index is 0.263. The van der Waals surface area contributed by atoms with E-state index in [1.165, 1.54) is 12.5 Å². The number of aromatic nitrogens is 2. The number of halogens is 2. The van der Waals surface area contributed by atoms with Crippen molar-refractivity contribution in [2.75, 3.05) is 19.6 Å². The number of para-hydroxylation sites is 1. The highest BCUT2D eigenvalue weighted by molar-refractivity contribution is 6.16. The molecule has 3 rings (SSSR count). The summed E-state index contributed by atoms with van der Waals surface area (Å²) in [5, 5.41) is 0. The predicted molar refractivity (Wildman–Crippen MR) is 84.3 cm³/mol. The van der Waals surface area contributed by atoms with E-state index in [1.807, 2.05) is 6.07 Å². The summed E-state index contributed by atoms with van der Waals surface area (Å²) >= 11 is 6.04. The van der Waals surface area contributed by atoms with Gasteiger partial charge in [-0.3, -0.25) is 0 Å². The molecule has 0 N–H and O–H groups in total. The van der Waals surface area contributed by atoms with Gasteiger partial charge in [0.2, 0.25) is 0 Å². The molecule has 114 valence electrons. The summed E-state index contributed by atoms with van der Waals surface area (Å²) in [5.74, 6) is 0.843. The van der Waals surface area contributed by atoms with E-state index < -0.39 is 0 Å². The zero-order chi connectivity index (χ0) is 14.8. The van der Waals surface area contributed by atoms with Gasteiger partial charge in [-0.1, -0.05) is 13.0 Å². The summed E-state index contributed by atoms with van der Waals surface area (Å²) in [6.45, 7) is 5.56. The first-order valence-corrected chi connectivity index (χ1v) is 8.21. The largest absolute Gasteiger partial charge is 0.324 e. The topological polar surface area (TPSA) is 21.1 Å². The molecule has 0 unspecified atom stereocenters. The van der Waals surface area contributed by atoms with Crippen molar-refractivity contribution in [3.05, 3.63) is 29.8 Å². The highest BCUT2D eigenvalue weighted by atomic mass is 35.5. The smallest absolute Gasteiger partial charge is 0.151 e. The molecular formula is C16H21ClFN3. The maximum atomic E-state index is 13.9. The number of fused-ring (bicyclic) bond motifs is 1. The Morgan fingerprint density at radius 3 is 2.76 bits per heavy atom. The lowest BCUT2D eigenvalue weighted by Gasteiger charge is -2.33. The Hall–Kier alpha value is -1.13. The summed E-state index contributed by atoms with van der Waals surface area (Å²) in [6.07, 6.45) is 3.34. The van der Waals surface area contributed by atoms with Gasteiger partial charge in [-0.2, -0.15) is 0 Å². The number of piperidine rings is 1. The van der Waals surface area contributed by atoms with Crippen molar-refractivity contribution in [3.8, 4) is 0 Å². The van der Waals surface area contributed by atoms with Crippen molar-refractivity contribution < 1.29 is 4.39 Å². The molecule has 0 spiro atoms. The third kappa shape index (κ3) is 2.79. The molecule has 21 heavy (non-hydrogen) atoms. The van der Waals surface area contributed by atoms with Gasteiger partial charge in [0, 0.05) is 19.1 Å². The molecule has 0 radical (unpaired) electrons. The van der Waals surface area contributed by atoms with Crippen molar-refractivity contribution in [3.63, 3.8) is 0 Å². The predicted octanol–water partition coefficient (Wildman–Crippen LogP) is 3.96. The monoisotopic (exact) mass is 309 g/mol. The average molecular weight is 310 g/mol. The first-order valence-electron chi connectivity index (χ1n) is 7.68. The zero-order valence-electron chi connectivity index (χ0n) is 12.4. The lowest BCUT2D eigenvalue weighted by atomic mass is 10.0. The number of alkyl halides is 1. The molecule has 1 aromatic heterocycles. The van der Waals surface area contributed by atoms with E-state index in [-0.39, 0.29) is 5.82 Å². The Kier molecular flexibility index (Phi) is 4.45. The van der Waals surface area contributed by atoms with Gasteiger partial charge in [-0.15, -0.1) is 11.6 Å². The SMILES string of the molecule is CCCN1CCC(n2c(CCl)nc3c(F)cccc32)CC1. The number of rotatable bonds is 4. The van der Waals surface area contributed by atoms with Crippen LogP contribution in [0.15, 0.2) is 18.2 Å². The lowest BCUT2D eigenvalue weighted by Crippen LogP contribution is -2.35. The third-order valence-corrected chi connectivity index (χ3v) is 4.56. The van der Waals surface area contributed by atoms with Crippen LogP contribution in [-0.2, 0) is 5.88 Å². The van der Waals surface area contributed by atoms with E-state index in [0.29, 0.717) is 17.4 Å². The highest BCUT2D eigenvalue weighted by Gasteiger charge is 2.24. The van der Waals surface area contributed by atoms with Gasteiger partial charge < -0.3 is 9.47 Å². The third-order valence-electron chi connectivity index (χ3n) is 4.33. The van der Waals surface area contributed by atoms with Gasteiger partial charge in [-0.05, 0) is 37.9 Å². The second kappa shape index (κ2) is 6.32. The van der Waals surface area contributed by atoms with E-state index >= 15 is 0 Å². The fourth-order valence-corrected chi connectivity index (χ4v) is 3.54. The average Bonchev–Trinajstić information content (AvgIpc) is 2.88. The van der Waals surface area contributed by atoms with Gasteiger partial charge >= 0.3 is 0 Å². The maximum absolute atomic E-state index is 13.9. The minimum atomic E-state index is -0.263. The van der Waals surface area contributed by atoms with Gasteiger partial charge in [0.25, 0.3) is 0 Å². The summed E-state index contributed by atoms with van der Waals surface area (Å²) in [6, 6.07) is 5.53. The second-order valence-corrected chi connectivity index (χ2v) is 5.98. The molecule has 0 atom stereocenters. The van der Waals surface area contributed by atoms with Crippen LogP contribution >= 0.6 is 11.6 Å². The molecule has 1 aliphatic heterocycles. The molecule has 1 aromatic carbocycles. The van der Waals surface area contributed by atoms with Crippen LogP contribution < -0.4 is 0 Å². The zero-order valence-corrected chi connectivity index (χ0v) is 13.1. The van der Waals surface area contributed by atoms with E-state index in [2.05, 4.69) is 21.4 Å². The number of benzene rings is 1. The highest BCUT2D eigenvalue weighted by Crippen LogP contribution is 2.30. The van der Waals surface area contributed by atoms with Crippen LogP contribution in [0.3, 0.4) is 0 Å². The number of likely N-dealkylation sites (tertiary alicyclic amines) is 1. The van der Waals surface area contributed by atoms with Crippen molar-refractivity contribution in [2.45, 2.75) is 38.1 Å². The normalized spacial score (nSPS) is 17.7. The van der Waals surface area contributed by atoms with E-state index in [1.54, 1.807) is 6.07 Å². The van der Waals surface area contributed by atoms with Crippen LogP contribution in [0.5, 0.6) is 0 Å². The van der Waals surface area contributed by atoms with Crippen molar-refractivity contribution in [1.29, 1.82) is 0 Å². The molecule has 1 fully saturated rings. The van der Waals surface area contributed by atoms with Crippen LogP contribution in [0.2, 0.25) is 0 Å². The fraction of sp³-hybridized carbons (Fsp3) is 0.562. The molecular weight excluding hydrogens is 289 g/mol. The number of imidazole rings is 1. The molecule has 1 aliphatic rings. The van der Waals surface area contributed by atoms with Crippen molar-refractivity contribution >= 4 is 22.6 Å². The quantitative estimate of drug-likeness (QED) is 0.797. The standard InChI is InChI=1S/C16H21ClFN3/c1-2-8-20-9-6-12(7-10-20)21-14-5-3-4-13(18)16(14)19-15(21)11-17/h3-5,12H,2,6-11H2,1H3. The van der Waals surface area contributed by atoms with Crippen LogP contribution in [0.1, 0.15) is 38.1 Å². The van der Waals surface area contributed by atoms with Crippen LogP contribution in [-0.4, -0.2) is 34.1 Å². The molecule has 1 saturated heterocycles. The van der Waals surface area contributed by atoms with Gasteiger partial charge in [0.15, 0.2) is 5.82 Å². The molecule has 0 bridgehead atoms. The molecule has 0 amide bonds. The molecule has 2 heterocycles. The Labute approximate surface area is 129 Å². The number of nitrogens with zero attached hydrogens (tertiary/aromatic N) is 3. The Morgan fingerprint density at radius 1 is 1.33 bits per heavy atom. The first-order chi connectivity index (χ1) is 10.2. The van der Waals surface area contributed by atoms with Crippen molar-refractivity contribution in [2.24, 2.45) is 0 Å². The molecule has 5 heteroatoms. The molecule has 0 aliphatic carbocycles. The summed E-state index contributed by atoms with van der Waals surface area (Å²) in [5.41, 5.74) is 1.32. The minimum Gasteiger partial charge on any atom is -0.324 e. The summed E-state index contributed by atoms with van der Waals surface area (Å²) in [4.78, 5) is 6.90. The lowest BCUT2D eigenvalue weighted by molar-refractivity contribution is 0.187. The van der Waals surface area contributed by atoms with Gasteiger partial charge in [0.1, 0.15) is 11.3 Å².